The molecule has 1 aliphatic rings. The van der Waals surface area contributed by atoms with E-state index in [1.165, 1.54) is 0 Å². The van der Waals surface area contributed by atoms with Crippen LogP contribution in [0.1, 0.15) is 42.1 Å². The van der Waals surface area contributed by atoms with Crippen molar-refractivity contribution < 1.29 is 14.7 Å². The second-order valence-corrected chi connectivity index (χ2v) is 4.75. The molecule has 18 heavy (non-hydrogen) atoms. The van der Waals surface area contributed by atoms with Crippen LogP contribution in [0.4, 0.5) is 0 Å². The fourth-order valence-electron chi connectivity index (χ4n) is 2.24. The molecule has 1 aliphatic carbocycles. The molecule has 94 valence electrons. The van der Waals surface area contributed by atoms with E-state index in [-0.39, 0.29) is 17.3 Å². The summed E-state index contributed by atoms with van der Waals surface area (Å²) < 4.78 is 0. The highest BCUT2D eigenvalue weighted by molar-refractivity contribution is 6.01. The molecule has 0 radical (unpaired) electrons. The Morgan fingerprint density at radius 1 is 1.33 bits per heavy atom. The second-order valence-electron chi connectivity index (χ2n) is 4.75. The smallest absolute Gasteiger partial charge is 0.335 e. The van der Waals surface area contributed by atoms with Crippen LogP contribution >= 0.6 is 0 Å². The number of rotatable bonds is 2. The highest BCUT2D eigenvalue weighted by Crippen LogP contribution is 2.26. The van der Waals surface area contributed by atoms with Crippen LogP contribution in [0, 0.1) is 5.92 Å². The van der Waals surface area contributed by atoms with Gasteiger partial charge in [0, 0.05) is 5.92 Å². The Hall–Kier alpha value is -1.90. The van der Waals surface area contributed by atoms with E-state index in [1.54, 1.807) is 24.3 Å². The van der Waals surface area contributed by atoms with Gasteiger partial charge in [-0.05, 0) is 48.6 Å². The number of ketones is 1. The summed E-state index contributed by atoms with van der Waals surface area (Å²) in [6.07, 6.45) is 4.72. The lowest BCUT2D eigenvalue weighted by Crippen LogP contribution is -2.18. The monoisotopic (exact) mass is 244 g/mol. The van der Waals surface area contributed by atoms with Gasteiger partial charge >= 0.3 is 5.97 Å². The number of aromatic carboxylic acids is 1. The van der Waals surface area contributed by atoms with Crippen LogP contribution in [0.2, 0.25) is 0 Å². The number of Topliss-reactive ketones (excluding diaryl/α,β-unsaturated/α-hetero) is 1. The normalized spacial score (nSPS) is 22.2. The zero-order valence-electron chi connectivity index (χ0n) is 10.3. The van der Waals surface area contributed by atoms with Crippen LogP contribution < -0.4 is 0 Å². The Balaban J connectivity index is 2.22. The van der Waals surface area contributed by atoms with E-state index in [0.29, 0.717) is 0 Å². The molecule has 1 aromatic carbocycles. The maximum atomic E-state index is 11.9. The lowest BCUT2D eigenvalue weighted by atomic mass is 9.84. The van der Waals surface area contributed by atoms with Crippen molar-refractivity contribution in [3.8, 4) is 0 Å². The molecule has 1 fully saturated rings. The minimum atomic E-state index is -0.934. The first-order valence-corrected chi connectivity index (χ1v) is 6.16. The Labute approximate surface area is 106 Å². The van der Waals surface area contributed by atoms with Gasteiger partial charge in [-0.25, -0.2) is 4.79 Å². The minimum absolute atomic E-state index is 0.114. The molecule has 1 aromatic rings. The number of carbonyl (C=O) groups is 2. The third kappa shape index (κ3) is 2.67. The van der Waals surface area contributed by atoms with Crippen molar-refractivity contribution in [3.63, 3.8) is 0 Å². The molecule has 2 rings (SSSR count). The lowest BCUT2D eigenvalue weighted by Gasteiger charge is -2.19. The van der Waals surface area contributed by atoms with Crippen molar-refractivity contribution in [2.24, 2.45) is 5.92 Å². The fraction of sp³-hybridized carbons (Fsp3) is 0.333. The molecule has 3 heteroatoms. The zero-order chi connectivity index (χ0) is 13.1. The van der Waals surface area contributed by atoms with Gasteiger partial charge in [-0.3, -0.25) is 4.79 Å². The molecule has 3 nitrogen and oxygen atoms in total. The second kappa shape index (κ2) is 5.17. The molecule has 0 aromatic heterocycles. The van der Waals surface area contributed by atoms with E-state index in [4.69, 9.17) is 5.11 Å². The average Bonchev–Trinajstić information content (AvgIpc) is 2.36. The van der Waals surface area contributed by atoms with Crippen LogP contribution in [0.25, 0.3) is 6.08 Å². The Kier molecular flexibility index (Phi) is 3.60. The Bertz CT molecular complexity index is 497. The maximum absolute atomic E-state index is 11.9. The van der Waals surface area contributed by atoms with Gasteiger partial charge in [0.25, 0.3) is 0 Å². The summed E-state index contributed by atoms with van der Waals surface area (Å²) in [4.78, 5) is 22.7. The van der Waals surface area contributed by atoms with Gasteiger partial charge in [-0.2, -0.15) is 0 Å². The van der Waals surface area contributed by atoms with Gasteiger partial charge < -0.3 is 5.11 Å². The molecule has 1 saturated carbocycles. The largest absolute Gasteiger partial charge is 0.478 e. The van der Waals surface area contributed by atoms with Crippen molar-refractivity contribution in [3.05, 3.63) is 41.0 Å². The molecule has 0 bridgehead atoms. The molecule has 0 spiro atoms. The van der Waals surface area contributed by atoms with E-state index in [1.807, 2.05) is 13.0 Å². The van der Waals surface area contributed by atoms with Gasteiger partial charge in [-0.15, -0.1) is 0 Å². The molecule has 0 heterocycles. The Morgan fingerprint density at radius 3 is 2.61 bits per heavy atom. The van der Waals surface area contributed by atoms with Crippen molar-refractivity contribution in [1.82, 2.24) is 0 Å². The van der Waals surface area contributed by atoms with Gasteiger partial charge in [0.05, 0.1) is 5.56 Å². The molecule has 0 unspecified atom stereocenters. The third-order valence-corrected chi connectivity index (χ3v) is 3.35. The van der Waals surface area contributed by atoms with E-state index < -0.39 is 5.97 Å². The third-order valence-electron chi connectivity index (χ3n) is 3.35. The average molecular weight is 244 g/mol. The predicted molar refractivity (Wildman–Crippen MR) is 69.4 cm³/mol. The molecule has 1 N–H and O–H groups in total. The number of benzene rings is 1. The first-order chi connectivity index (χ1) is 8.58. The number of carboxylic acid groups (broad SMARTS) is 1. The summed E-state index contributed by atoms with van der Waals surface area (Å²) >= 11 is 0. The van der Waals surface area contributed by atoms with Crippen molar-refractivity contribution in [1.29, 1.82) is 0 Å². The summed E-state index contributed by atoms with van der Waals surface area (Å²) in [6.45, 7) is 1.96. The molecule has 1 atom stereocenters. The van der Waals surface area contributed by atoms with Gasteiger partial charge in [0.2, 0.25) is 0 Å². The zero-order valence-corrected chi connectivity index (χ0v) is 10.3. The highest BCUT2D eigenvalue weighted by Gasteiger charge is 2.22. The molecule has 0 amide bonds. The van der Waals surface area contributed by atoms with Crippen molar-refractivity contribution in [2.75, 3.05) is 0 Å². The Morgan fingerprint density at radius 2 is 2.00 bits per heavy atom. The number of hydrogen-bond donors (Lipinski definition) is 1. The number of allylic oxidation sites excluding steroid dienone is 1. The minimum Gasteiger partial charge on any atom is -0.478 e. The van der Waals surface area contributed by atoms with Crippen molar-refractivity contribution >= 4 is 17.8 Å². The van der Waals surface area contributed by atoms with Crippen LogP contribution in [0.3, 0.4) is 0 Å². The first-order valence-electron chi connectivity index (χ1n) is 6.16. The number of hydrogen-bond acceptors (Lipinski definition) is 2. The highest BCUT2D eigenvalue weighted by atomic mass is 16.4. The summed E-state index contributed by atoms with van der Waals surface area (Å²) in [6, 6.07) is 6.60. The topological polar surface area (TPSA) is 54.4 Å². The first kappa shape index (κ1) is 12.6. The molecule has 0 aliphatic heterocycles. The standard InChI is InChI=1S/C15H16O3/c1-10-3-2-4-13(14(10)16)9-11-5-7-12(8-6-11)15(17)18/h5-10H,2-4H2,1H3,(H,17,18)/b13-9+/t10-/m1/s1. The maximum Gasteiger partial charge on any atom is 0.335 e. The molecule has 0 saturated heterocycles. The SMILES string of the molecule is C[C@@H]1CCC/C(=C\c2ccc(C(=O)O)cc2)C1=O. The van der Waals surface area contributed by atoms with Crippen molar-refractivity contribution in [2.45, 2.75) is 26.2 Å². The van der Waals surface area contributed by atoms with Gasteiger partial charge in [0.15, 0.2) is 5.78 Å². The number of carbonyl (C=O) groups excluding carboxylic acids is 1. The lowest BCUT2D eigenvalue weighted by molar-refractivity contribution is -0.119. The van der Waals surface area contributed by atoms with Gasteiger partial charge in [0.1, 0.15) is 0 Å². The van der Waals surface area contributed by atoms with Crippen LogP contribution in [-0.4, -0.2) is 16.9 Å². The predicted octanol–water partition coefficient (Wildman–Crippen LogP) is 3.16. The molecular formula is C15H16O3. The van der Waals surface area contributed by atoms with E-state index >= 15 is 0 Å². The van der Waals surface area contributed by atoms with Crippen LogP contribution in [-0.2, 0) is 4.79 Å². The fourth-order valence-corrected chi connectivity index (χ4v) is 2.24. The van der Waals surface area contributed by atoms with Crippen LogP contribution in [0.5, 0.6) is 0 Å². The van der Waals surface area contributed by atoms with Gasteiger partial charge in [-0.1, -0.05) is 19.1 Å². The summed E-state index contributed by atoms with van der Waals surface area (Å²) in [7, 11) is 0. The summed E-state index contributed by atoms with van der Waals surface area (Å²) in [5, 5.41) is 8.80. The summed E-state index contributed by atoms with van der Waals surface area (Å²) in [5.41, 5.74) is 2.01. The quantitative estimate of drug-likeness (QED) is 0.813. The van der Waals surface area contributed by atoms with E-state index in [2.05, 4.69) is 0 Å². The van der Waals surface area contributed by atoms with E-state index in [9.17, 15) is 9.59 Å². The summed E-state index contributed by atoms with van der Waals surface area (Å²) in [5.74, 6) is -0.594. The van der Waals surface area contributed by atoms with E-state index in [0.717, 1.165) is 30.4 Å². The van der Waals surface area contributed by atoms with Crippen LogP contribution in [0.15, 0.2) is 29.8 Å². The molecular weight excluding hydrogens is 228 g/mol. The number of carboxylic acids is 1.